The highest BCUT2D eigenvalue weighted by atomic mass is 15.0. The van der Waals surface area contributed by atoms with Crippen molar-refractivity contribution >= 4 is 0 Å². The number of unbranched alkanes of at least 4 members (excludes halogenated alkanes) is 2. The first kappa shape index (κ1) is 18.9. The minimum atomic E-state index is -0.462. The lowest BCUT2D eigenvalue weighted by molar-refractivity contribution is 0.138. The Kier molecular flexibility index (Phi) is 10.6. The van der Waals surface area contributed by atoms with Gasteiger partial charge in [0.05, 0.1) is 5.66 Å². The molecule has 0 aromatic carbocycles. The van der Waals surface area contributed by atoms with Crippen molar-refractivity contribution in [2.45, 2.75) is 97.6 Å². The van der Waals surface area contributed by atoms with Crippen LogP contribution in [0.5, 0.6) is 0 Å². The minimum absolute atomic E-state index is 0.462. The Balaban J connectivity index is 4.74. The summed E-state index contributed by atoms with van der Waals surface area (Å²) < 4.78 is 0. The average Bonchev–Trinajstić information content (AvgIpc) is 2.39. The van der Waals surface area contributed by atoms with Gasteiger partial charge in [-0.05, 0) is 37.5 Å². The first-order valence-corrected chi connectivity index (χ1v) is 8.62. The van der Waals surface area contributed by atoms with E-state index in [0.717, 1.165) is 0 Å². The third-order valence-electron chi connectivity index (χ3n) is 4.50. The van der Waals surface area contributed by atoms with Crippen LogP contribution in [0.1, 0.15) is 91.9 Å². The van der Waals surface area contributed by atoms with Crippen LogP contribution in [-0.2, 0) is 0 Å². The lowest BCUT2D eigenvalue weighted by atomic mass is 9.74. The number of hydrogen-bond acceptors (Lipinski definition) is 2. The highest BCUT2D eigenvalue weighted by molar-refractivity contribution is 4.91. The van der Waals surface area contributed by atoms with Gasteiger partial charge in [-0.1, -0.05) is 66.2 Å². The van der Waals surface area contributed by atoms with Crippen LogP contribution >= 0.6 is 0 Å². The van der Waals surface area contributed by atoms with Crippen molar-refractivity contribution in [3.05, 3.63) is 0 Å². The Morgan fingerprint density at radius 3 is 1.26 bits per heavy atom. The summed E-state index contributed by atoms with van der Waals surface area (Å²) in [6, 6.07) is 0. The van der Waals surface area contributed by atoms with Gasteiger partial charge in [0.2, 0.25) is 0 Å². The fourth-order valence-corrected chi connectivity index (χ4v) is 3.22. The number of rotatable bonds is 12. The van der Waals surface area contributed by atoms with Crippen molar-refractivity contribution in [1.29, 1.82) is 0 Å². The molecule has 0 radical (unpaired) electrons. The van der Waals surface area contributed by atoms with E-state index in [0.29, 0.717) is 11.8 Å². The second kappa shape index (κ2) is 10.7. The molecule has 116 valence electrons. The Morgan fingerprint density at radius 1 is 0.632 bits per heavy atom. The predicted octanol–water partition coefficient (Wildman–Crippen LogP) is 4.81. The second-order valence-electron chi connectivity index (χ2n) is 6.26. The topological polar surface area (TPSA) is 52.0 Å². The van der Waals surface area contributed by atoms with E-state index in [-0.39, 0.29) is 0 Å². The lowest BCUT2D eigenvalue weighted by Gasteiger charge is -2.41. The highest BCUT2D eigenvalue weighted by Gasteiger charge is 2.36. The molecule has 0 rings (SSSR count). The van der Waals surface area contributed by atoms with E-state index in [1.54, 1.807) is 0 Å². The lowest BCUT2D eigenvalue weighted by Crippen LogP contribution is -2.61. The molecule has 0 aromatic rings. The molecule has 0 spiro atoms. The second-order valence-corrected chi connectivity index (χ2v) is 6.26. The Bertz CT molecular complexity index is 181. The van der Waals surface area contributed by atoms with Gasteiger partial charge in [-0.25, -0.2) is 0 Å². The standard InChI is InChI=1S/C17H38N2/c1-5-9-13-15(11-7-3)17(18,19)16(12-8-4)14-10-6-2/h15-16H,5-14,18-19H2,1-4H3. The van der Waals surface area contributed by atoms with Crippen molar-refractivity contribution < 1.29 is 0 Å². The van der Waals surface area contributed by atoms with E-state index in [2.05, 4.69) is 27.7 Å². The summed E-state index contributed by atoms with van der Waals surface area (Å²) in [5, 5.41) is 0. The molecular weight excluding hydrogens is 232 g/mol. The van der Waals surface area contributed by atoms with Crippen LogP contribution in [0.2, 0.25) is 0 Å². The summed E-state index contributed by atoms with van der Waals surface area (Å²) >= 11 is 0. The zero-order valence-electron chi connectivity index (χ0n) is 13.9. The molecule has 2 heteroatoms. The van der Waals surface area contributed by atoms with Gasteiger partial charge in [-0.3, -0.25) is 0 Å². The molecule has 0 aliphatic rings. The van der Waals surface area contributed by atoms with Gasteiger partial charge in [-0.2, -0.15) is 0 Å². The average molecular weight is 271 g/mol. The molecule has 0 aliphatic carbocycles. The monoisotopic (exact) mass is 270 g/mol. The summed E-state index contributed by atoms with van der Waals surface area (Å²) in [5.74, 6) is 0.983. The smallest absolute Gasteiger partial charge is 0.0694 e. The molecule has 4 N–H and O–H groups in total. The van der Waals surface area contributed by atoms with Crippen LogP contribution in [0.15, 0.2) is 0 Å². The molecule has 0 fully saturated rings. The molecule has 0 bridgehead atoms. The SMILES string of the molecule is CCCCC(CCC)C(N)(N)C(CCC)CCCC. The molecule has 0 saturated heterocycles. The molecular formula is C17H38N2. The van der Waals surface area contributed by atoms with Crippen LogP contribution in [0.4, 0.5) is 0 Å². The number of nitrogens with two attached hydrogens (primary N) is 2. The van der Waals surface area contributed by atoms with Crippen LogP contribution in [0, 0.1) is 11.8 Å². The van der Waals surface area contributed by atoms with E-state index in [9.17, 15) is 0 Å². The van der Waals surface area contributed by atoms with Crippen LogP contribution in [0.25, 0.3) is 0 Å². The first-order valence-electron chi connectivity index (χ1n) is 8.62. The van der Waals surface area contributed by atoms with E-state index in [1.165, 1.54) is 64.2 Å². The Morgan fingerprint density at radius 2 is 1.00 bits per heavy atom. The molecule has 19 heavy (non-hydrogen) atoms. The largest absolute Gasteiger partial charge is 0.313 e. The van der Waals surface area contributed by atoms with Gasteiger partial charge in [0.1, 0.15) is 0 Å². The van der Waals surface area contributed by atoms with E-state index in [4.69, 9.17) is 11.5 Å². The summed E-state index contributed by atoms with van der Waals surface area (Å²) in [7, 11) is 0. The maximum absolute atomic E-state index is 6.64. The van der Waals surface area contributed by atoms with E-state index >= 15 is 0 Å². The van der Waals surface area contributed by atoms with Crippen molar-refractivity contribution in [3.63, 3.8) is 0 Å². The molecule has 0 aromatic heterocycles. The van der Waals surface area contributed by atoms with Gasteiger partial charge in [-0.15, -0.1) is 0 Å². The molecule has 2 atom stereocenters. The van der Waals surface area contributed by atoms with Crippen LogP contribution < -0.4 is 11.5 Å². The normalized spacial score (nSPS) is 15.5. The summed E-state index contributed by atoms with van der Waals surface area (Å²) in [6.07, 6.45) is 12.1. The molecule has 2 nitrogen and oxygen atoms in total. The number of hydrogen-bond donors (Lipinski definition) is 2. The van der Waals surface area contributed by atoms with Crippen molar-refractivity contribution in [3.8, 4) is 0 Å². The van der Waals surface area contributed by atoms with Gasteiger partial charge in [0.25, 0.3) is 0 Å². The summed E-state index contributed by atoms with van der Waals surface area (Å²) in [4.78, 5) is 0. The Labute approximate surface area is 121 Å². The molecule has 0 aliphatic heterocycles. The van der Waals surface area contributed by atoms with Crippen molar-refractivity contribution in [1.82, 2.24) is 0 Å². The molecule has 2 unspecified atom stereocenters. The predicted molar refractivity (Wildman–Crippen MR) is 87.0 cm³/mol. The van der Waals surface area contributed by atoms with Crippen molar-refractivity contribution in [2.75, 3.05) is 0 Å². The summed E-state index contributed by atoms with van der Waals surface area (Å²) in [5.41, 5.74) is 12.8. The van der Waals surface area contributed by atoms with E-state index in [1.807, 2.05) is 0 Å². The zero-order chi connectivity index (χ0) is 14.7. The summed E-state index contributed by atoms with van der Waals surface area (Å²) in [6.45, 7) is 8.99. The molecule has 0 saturated carbocycles. The fourth-order valence-electron chi connectivity index (χ4n) is 3.22. The quantitative estimate of drug-likeness (QED) is 0.500. The fraction of sp³-hybridized carbons (Fsp3) is 1.00. The van der Waals surface area contributed by atoms with Gasteiger partial charge >= 0.3 is 0 Å². The molecule has 0 heterocycles. The molecule has 0 amide bonds. The zero-order valence-corrected chi connectivity index (χ0v) is 13.9. The minimum Gasteiger partial charge on any atom is -0.313 e. The van der Waals surface area contributed by atoms with Gasteiger partial charge in [0.15, 0.2) is 0 Å². The first-order chi connectivity index (χ1) is 9.04. The van der Waals surface area contributed by atoms with Crippen LogP contribution in [0.3, 0.4) is 0 Å². The maximum atomic E-state index is 6.64. The van der Waals surface area contributed by atoms with E-state index < -0.39 is 5.66 Å². The maximum Gasteiger partial charge on any atom is 0.0694 e. The van der Waals surface area contributed by atoms with Crippen molar-refractivity contribution in [2.24, 2.45) is 23.3 Å². The van der Waals surface area contributed by atoms with Crippen LogP contribution in [-0.4, -0.2) is 5.66 Å². The van der Waals surface area contributed by atoms with Gasteiger partial charge < -0.3 is 11.5 Å². The third kappa shape index (κ3) is 6.76. The highest BCUT2D eigenvalue weighted by Crippen LogP contribution is 2.33. The Hall–Kier alpha value is -0.0800. The van der Waals surface area contributed by atoms with Gasteiger partial charge in [0, 0.05) is 0 Å². The third-order valence-corrected chi connectivity index (χ3v) is 4.50.